The minimum atomic E-state index is -0.802. The fourth-order valence-electron chi connectivity index (χ4n) is 2.23. The van der Waals surface area contributed by atoms with Crippen LogP contribution in [-0.4, -0.2) is 30.4 Å². The highest BCUT2D eigenvalue weighted by atomic mass is 127. The molecule has 1 fully saturated rings. The second-order valence-electron chi connectivity index (χ2n) is 4.72. The van der Waals surface area contributed by atoms with Crippen LogP contribution in [0.1, 0.15) is 23.2 Å². The molecule has 1 saturated heterocycles. The van der Waals surface area contributed by atoms with E-state index in [-0.39, 0.29) is 27.4 Å². The van der Waals surface area contributed by atoms with E-state index in [0.29, 0.717) is 25.6 Å². The highest BCUT2D eigenvalue weighted by molar-refractivity contribution is 14.1. The Morgan fingerprint density at radius 1 is 1.30 bits per heavy atom. The topological polar surface area (TPSA) is 46.3 Å². The monoisotopic (exact) mass is 416 g/mol. The lowest BCUT2D eigenvalue weighted by molar-refractivity contribution is 0.0688. The van der Waals surface area contributed by atoms with Crippen LogP contribution < -0.4 is 5.73 Å². The molecule has 3 nitrogen and oxygen atoms in total. The number of amides is 1. The normalized spacial score (nSPS) is 15.9. The summed E-state index contributed by atoms with van der Waals surface area (Å²) in [5.41, 5.74) is 5.53. The first kappa shape index (κ1) is 17.6. The Labute approximate surface area is 136 Å². The average molecular weight is 417 g/mol. The zero-order valence-electron chi connectivity index (χ0n) is 10.7. The molecule has 1 aromatic rings. The van der Waals surface area contributed by atoms with E-state index in [2.05, 4.69) is 0 Å². The fourth-order valence-corrected chi connectivity index (χ4v) is 2.70. The third-order valence-corrected chi connectivity index (χ3v) is 4.30. The summed E-state index contributed by atoms with van der Waals surface area (Å²) in [4.78, 5) is 13.8. The van der Waals surface area contributed by atoms with Crippen molar-refractivity contribution in [1.29, 1.82) is 0 Å². The number of likely N-dealkylation sites (tertiary alicyclic amines) is 1. The van der Waals surface area contributed by atoms with Crippen molar-refractivity contribution < 1.29 is 13.6 Å². The molecule has 1 aliphatic heterocycles. The van der Waals surface area contributed by atoms with Gasteiger partial charge in [0.05, 0.1) is 5.56 Å². The predicted molar refractivity (Wildman–Crippen MR) is 84.0 cm³/mol. The van der Waals surface area contributed by atoms with Crippen molar-refractivity contribution >= 4 is 40.9 Å². The lowest BCUT2D eigenvalue weighted by Gasteiger charge is -2.31. The number of piperidine rings is 1. The van der Waals surface area contributed by atoms with Gasteiger partial charge in [0, 0.05) is 22.7 Å². The second kappa shape index (κ2) is 7.51. The minimum Gasteiger partial charge on any atom is -0.339 e. The molecule has 1 aliphatic rings. The van der Waals surface area contributed by atoms with Gasteiger partial charge < -0.3 is 10.6 Å². The van der Waals surface area contributed by atoms with Crippen molar-refractivity contribution in [3.05, 3.63) is 32.9 Å². The van der Waals surface area contributed by atoms with E-state index in [1.54, 1.807) is 27.5 Å². The predicted octanol–water partition coefficient (Wildman–Crippen LogP) is 2.80. The second-order valence-corrected chi connectivity index (χ2v) is 5.88. The van der Waals surface area contributed by atoms with Crippen molar-refractivity contribution in [3.63, 3.8) is 0 Å². The van der Waals surface area contributed by atoms with Gasteiger partial charge in [0.15, 0.2) is 0 Å². The Kier molecular flexibility index (Phi) is 6.60. The number of benzene rings is 1. The molecule has 0 saturated carbocycles. The van der Waals surface area contributed by atoms with Gasteiger partial charge in [0.2, 0.25) is 0 Å². The first-order valence-corrected chi connectivity index (χ1v) is 7.24. The summed E-state index contributed by atoms with van der Waals surface area (Å²) in [6, 6.07) is 2.03. The molecule has 2 N–H and O–H groups in total. The third kappa shape index (κ3) is 3.79. The van der Waals surface area contributed by atoms with E-state index < -0.39 is 11.6 Å². The number of carbonyl (C=O) groups excluding carboxylic acids is 1. The summed E-state index contributed by atoms with van der Waals surface area (Å²) in [6.07, 6.45) is 1.67. The lowest BCUT2D eigenvalue weighted by atomic mass is 9.96. The van der Waals surface area contributed by atoms with E-state index in [1.807, 2.05) is 0 Å². The van der Waals surface area contributed by atoms with Crippen LogP contribution in [0.5, 0.6) is 0 Å². The molecule has 1 heterocycles. The minimum absolute atomic E-state index is 0. The standard InChI is InChI=1S/C13H15F2IN2O.ClH/c14-10-6-11(15)12(16)5-9(10)13(19)18-3-1-8(7-17)2-4-18;/h5-6,8H,1-4,7,17H2;1H. The van der Waals surface area contributed by atoms with Crippen LogP contribution in [0.15, 0.2) is 12.1 Å². The van der Waals surface area contributed by atoms with Crippen LogP contribution in [0.4, 0.5) is 8.78 Å². The van der Waals surface area contributed by atoms with E-state index in [4.69, 9.17) is 5.73 Å². The number of hydrogen-bond acceptors (Lipinski definition) is 2. The van der Waals surface area contributed by atoms with Gasteiger partial charge in [0.25, 0.3) is 5.91 Å². The fraction of sp³-hybridized carbons (Fsp3) is 0.462. The van der Waals surface area contributed by atoms with Crippen LogP contribution in [0.2, 0.25) is 0 Å². The number of hydrogen-bond donors (Lipinski definition) is 1. The smallest absolute Gasteiger partial charge is 0.256 e. The maximum absolute atomic E-state index is 13.7. The molecule has 0 bridgehead atoms. The van der Waals surface area contributed by atoms with E-state index >= 15 is 0 Å². The Hall–Kier alpha value is -0.470. The average Bonchev–Trinajstić information content (AvgIpc) is 2.42. The highest BCUT2D eigenvalue weighted by Crippen LogP contribution is 2.21. The SMILES string of the molecule is Cl.NCC1CCN(C(=O)c2cc(I)c(F)cc2F)CC1. The summed E-state index contributed by atoms with van der Waals surface area (Å²) in [5.74, 6) is -1.38. The molecule has 0 aliphatic carbocycles. The van der Waals surface area contributed by atoms with Gasteiger partial charge in [-0.25, -0.2) is 8.78 Å². The van der Waals surface area contributed by atoms with Gasteiger partial charge in [-0.15, -0.1) is 12.4 Å². The quantitative estimate of drug-likeness (QED) is 0.595. The van der Waals surface area contributed by atoms with Gasteiger partial charge in [-0.05, 0) is 54.0 Å². The van der Waals surface area contributed by atoms with Crippen molar-refractivity contribution in [1.82, 2.24) is 4.90 Å². The van der Waals surface area contributed by atoms with E-state index in [1.165, 1.54) is 6.07 Å². The lowest BCUT2D eigenvalue weighted by Crippen LogP contribution is -2.40. The maximum Gasteiger partial charge on any atom is 0.256 e. The van der Waals surface area contributed by atoms with E-state index in [0.717, 1.165) is 18.9 Å². The molecule has 0 radical (unpaired) electrons. The Morgan fingerprint density at radius 2 is 1.90 bits per heavy atom. The van der Waals surface area contributed by atoms with Crippen molar-refractivity contribution in [2.75, 3.05) is 19.6 Å². The van der Waals surface area contributed by atoms with Crippen molar-refractivity contribution in [3.8, 4) is 0 Å². The number of carbonyl (C=O) groups is 1. The summed E-state index contributed by atoms with van der Waals surface area (Å²) in [6.45, 7) is 1.77. The molecule has 2 rings (SSSR count). The summed E-state index contributed by atoms with van der Waals surface area (Å²) in [5, 5.41) is 0. The summed E-state index contributed by atoms with van der Waals surface area (Å²) < 4.78 is 27.1. The van der Waals surface area contributed by atoms with Crippen molar-refractivity contribution in [2.24, 2.45) is 11.7 Å². The molecule has 1 aromatic carbocycles. The molecular weight excluding hydrogens is 401 g/mol. The molecule has 0 unspecified atom stereocenters. The molecule has 0 atom stereocenters. The highest BCUT2D eigenvalue weighted by Gasteiger charge is 2.25. The van der Waals surface area contributed by atoms with E-state index in [9.17, 15) is 13.6 Å². The van der Waals surface area contributed by atoms with Gasteiger partial charge in [-0.2, -0.15) is 0 Å². The number of halogens is 4. The Balaban J connectivity index is 0.00000200. The molecule has 20 heavy (non-hydrogen) atoms. The molecule has 0 spiro atoms. The van der Waals surface area contributed by atoms with Crippen LogP contribution in [0.3, 0.4) is 0 Å². The van der Waals surface area contributed by atoms with Crippen LogP contribution in [0, 0.1) is 21.1 Å². The molecule has 112 valence electrons. The third-order valence-electron chi connectivity index (χ3n) is 3.48. The largest absolute Gasteiger partial charge is 0.339 e. The van der Waals surface area contributed by atoms with Gasteiger partial charge in [-0.1, -0.05) is 0 Å². The molecular formula is C13H16ClF2IN2O. The first-order valence-electron chi connectivity index (χ1n) is 6.16. The van der Waals surface area contributed by atoms with Gasteiger partial charge in [0.1, 0.15) is 11.6 Å². The van der Waals surface area contributed by atoms with Crippen LogP contribution in [0.25, 0.3) is 0 Å². The van der Waals surface area contributed by atoms with Gasteiger partial charge >= 0.3 is 0 Å². The molecule has 0 aromatic heterocycles. The zero-order valence-corrected chi connectivity index (χ0v) is 13.7. The number of rotatable bonds is 2. The van der Waals surface area contributed by atoms with Crippen LogP contribution >= 0.6 is 35.0 Å². The molecule has 1 amide bonds. The summed E-state index contributed by atoms with van der Waals surface area (Å²) >= 11 is 1.75. The number of nitrogens with zero attached hydrogens (tertiary/aromatic N) is 1. The van der Waals surface area contributed by atoms with Gasteiger partial charge in [-0.3, -0.25) is 4.79 Å². The zero-order chi connectivity index (χ0) is 14.0. The van der Waals surface area contributed by atoms with Crippen LogP contribution in [-0.2, 0) is 0 Å². The first-order chi connectivity index (χ1) is 9.02. The maximum atomic E-state index is 13.7. The molecule has 7 heteroatoms. The Bertz CT molecular complexity index is 494. The number of nitrogens with two attached hydrogens (primary N) is 1. The summed E-state index contributed by atoms with van der Waals surface area (Å²) in [7, 11) is 0. The van der Waals surface area contributed by atoms with Crippen molar-refractivity contribution in [2.45, 2.75) is 12.8 Å². The Morgan fingerprint density at radius 3 is 2.45 bits per heavy atom.